The zero-order chi connectivity index (χ0) is 40.6. The number of nitrogens with one attached hydrogen (secondary N) is 1. The Morgan fingerprint density at radius 3 is 1.72 bits per heavy atom. The lowest BCUT2D eigenvalue weighted by Crippen LogP contribution is -2.22. The van der Waals surface area contributed by atoms with Crippen molar-refractivity contribution in [2.45, 2.75) is 43.7 Å². The summed E-state index contributed by atoms with van der Waals surface area (Å²) in [4.78, 5) is 1.87. The minimum Gasteiger partial charge on any atom is -0.494 e. The second-order valence-electron chi connectivity index (χ2n) is 13.4. The average Bonchev–Trinajstić information content (AvgIpc) is 3.21. The molecule has 0 fully saturated rings. The van der Waals surface area contributed by atoms with E-state index in [0.29, 0.717) is 32.8 Å². The predicted octanol–water partition coefficient (Wildman–Crippen LogP) is 8.95. The van der Waals surface area contributed by atoms with E-state index in [1.807, 2.05) is 69.3 Å². The van der Waals surface area contributed by atoms with Crippen molar-refractivity contribution < 1.29 is 35.3 Å². The smallest absolute Gasteiger partial charge is 0.294 e. The van der Waals surface area contributed by atoms with E-state index in [1.165, 1.54) is 24.3 Å². The van der Waals surface area contributed by atoms with E-state index >= 15 is 0 Å². The Balaban J connectivity index is 1.32. The van der Waals surface area contributed by atoms with Crippen molar-refractivity contribution >= 4 is 48.6 Å². The van der Waals surface area contributed by atoms with Crippen molar-refractivity contribution in [2.75, 3.05) is 29.9 Å². The molecule has 294 valence electrons. The Kier molecular flexibility index (Phi) is 12.9. The number of hydrogen-bond donors (Lipinski definition) is 3. The average molecular weight is 805 g/mol. The van der Waals surface area contributed by atoms with Crippen molar-refractivity contribution in [3.8, 4) is 5.75 Å². The van der Waals surface area contributed by atoms with Crippen LogP contribution in [-0.2, 0) is 33.3 Å². The number of benzene rings is 5. The van der Waals surface area contributed by atoms with Gasteiger partial charge in [-0.2, -0.15) is 16.8 Å². The van der Waals surface area contributed by atoms with Crippen LogP contribution in [-0.4, -0.2) is 55.9 Å². The van der Waals surface area contributed by atoms with Gasteiger partial charge in [-0.05, 0) is 134 Å². The fourth-order valence-electron chi connectivity index (χ4n) is 6.69. The molecule has 0 bridgehead atoms. The standard InChI is InChI=1S/C45H45N3O7S2/c1-4-47(31-33-9-7-11-43(29-33)56(49,50)51)40-23-15-36(16-24-40)45(35-13-19-38(20-14-35)46-39-21-27-42(28-22-39)55-6-3)37-17-25-41(26-18-37)48(5-2)32-34-10-8-12-44(30-34)57(52,53)54/h7-30H,4-6,31-32H2,1-3H3,(H2,49,50,51,52,53,54)/p+1. The maximum absolute atomic E-state index is 11.8. The van der Waals surface area contributed by atoms with Gasteiger partial charge >= 0.3 is 0 Å². The number of anilines is 3. The first-order valence-electron chi connectivity index (χ1n) is 18.7. The molecular weight excluding hydrogens is 759 g/mol. The normalized spacial score (nSPS) is 12.7. The number of nitrogens with zero attached hydrogens (tertiary/aromatic N) is 2. The maximum Gasteiger partial charge on any atom is 0.294 e. The molecule has 5 aromatic carbocycles. The van der Waals surface area contributed by atoms with Gasteiger partial charge in [-0.15, -0.1) is 0 Å². The third kappa shape index (κ3) is 10.5. The van der Waals surface area contributed by atoms with Crippen molar-refractivity contribution in [2.24, 2.45) is 0 Å². The molecule has 3 N–H and O–H groups in total. The van der Waals surface area contributed by atoms with Crippen LogP contribution in [0.4, 0.5) is 17.1 Å². The lowest BCUT2D eigenvalue weighted by atomic mass is 9.90. The fraction of sp³-hybridized carbons (Fsp3) is 0.178. The van der Waals surface area contributed by atoms with Gasteiger partial charge in [-0.3, -0.25) is 9.11 Å². The summed E-state index contributed by atoms with van der Waals surface area (Å²) in [5, 5.41) is 3.46. The second kappa shape index (κ2) is 18.0. The van der Waals surface area contributed by atoms with Gasteiger partial charge in [0, 0.05) is 47.9 Å². The molecule has 5 aromatic rings. The van der Waals surface area contributed by atoms with Crippen LogP contribution in [0.15, 0.2) is 161 Å². The van der Waals surface area contributed by atoms with Gasteiger partial charge in [-0.25, -0.2) is 4.58 Å². The highest BCUT2D eigenvalue weighted by Crippen LogP contribution is 2.33. The molecule has 0 radical (unpaired) electrons. The molecule has 0 heterocycles. The zero-order valence-corrected chi connectivity index (χ0v) is 33.7. The maximum atomic E-state index is 11.8. The van der Waals surface area contributed by atoms with Gasteiger partial charge in [0.25, 0.3) is 20.2 Å². The minimum absolute atomic E-state index is 0.134. The summed E-state index contributed by atoms with van der Waals surface area (Å²) in [7, 11) is -8.63. The summed E-state index contributed by atoms with van der Waals surface area (Å²) in [6.45, 7) is 8.88. The molecule has 0 spiro atoms. The van der Waals surface area contributed by atoms with Crippen LogP contribution in [0.25, 0.3) is 5.57 Å². The molecule has 0 saturated heterocycles. The molecule has 0 saturated carbocycles. The highest BCUT2D eigenvalue weighted by Gasteiger charge is 2.18. The molecular formula is C45H46N3O7S2+. The summed E-state index contributed by atoms with van der Waals surface area (Å²) in [5.74, 6) is 0.816. The first-order valence-corrected chi connectivity index (χ1v) is 21.5. The van der Waals surface area contributed by atoms with Crippen LogP contribution < -0.4 is 15.0 Å². The summed E-state index contributed by atoms with van der Waals surface area (Å²) in [5.41, 5.74) is 9.34. The Morgan fingerprint density at radius 2 is 1.19 bits per heavy atom. The molecule has 1 aliphatic carbocycles. The van der Waals surface area contributed by atoms with Gasteiger partial charge < -0.3 is 15.0 Å². The molecule has 0 aliphatic heterocycles. The van der Waals surface area contributed by atoms with Crippen LogP contribution in [0.3, 0.4) is 0 Å². The molecule has 0 amide bonds. The van der Waals surface area contributed by atoms with Crippen LogP contribution in [0, 0.1) is 0 Å². The zero-order valence-electron chi connectivity index (χ0n) is 32.0. The number of rotatable bonds is 15. The van der Waals surface area contributed by atoms with Crippen molar-refractivity contribution in [3.05, 3.63) is 173 Å². The molecule has 0 atom stereocenters. The van der Waals surface area contributed by atoms with Gasteiger partial charge in [-0.1, -0.05) is 48.5 Å². The van der Waals surface area contributed by atoms with E-state index in [2.05, 4.69) is 75.5 Å². The lowest BCUT2D eigenvalue weighted by molar-refractivity contribution is -0.539. The lowest BCUT2D eigenvalue weighted by Gasteiger charge is -2.24. The monoisotopic (exact) mass is 804 g/mol. The Labute approximate surface area is 335 Å². The van der Waals surface area contributed by atoms with Crippen LogP contribution in [0.5, 0.6) is 5.75 Å². The van der Waals surface area contributed by atoms with E-state index in [1.54, 1.807) is 12.1 Å². The van der Waals surface area contributed by atoms with Crippen molar-refractivity contribution in [3.63, 3.8) is 0 Å². The van der Waals surface area contributed by atoms with E-state index in [9.17, 15) is 25.9 Å². The fourth-order valence-corrected chi connectivity index (χ4v) is 7.79. The second-order valence-corrected chi connectivity index (χ2v) is 16.2. The third-order valence-corrected chi connectivity index (χ3v) is 11.3. The summed E-state index contributed by atoms with van der Waals surface area (Å²) in [6.07, 6.45) is 8.29. The van der Waals surface area contributed by atoms with Crippen molar-refractivity contribution in [1.82, 2.24) is 0 Å². The van der Waals surface area contributed by atoms with Gasteiger partial charge in [0.05, 0.1) is 16.4 Å². The predicted molar refractivity (Wildman–Crippen MR) is 227 cm³/mol. The van der Waals surface area contributed by atoms with Crippen LogP contribution in [0.1, 0.15) is 43.0 Å². The third-order valence-electron chi connectivity index (χ3n) is 9.57. The van der Waals surface area contributed by atoms with E-state index in [4.69, 9.17) is 4.74 Å². The molecule has 1 aliphatic rings. The quantitative estimate of drug-likeness (QED) is 0.0700. The Bertz CT molecular complexity index is 2540. The highest BCUT2D eigenvalue weighted by molar-refractivity contribution is 7.86. The topological polar surface area (TPSA) is 136 Å². The Hall–Kier alpha value is -5.79. The van der Waals surface area contributed by atoms with E-state index in [-0.39, 0.29) is 9.79 Å². The van der Waals surface area contributed by atoms with E-state index < -0.39 is 20.2 Å². The summed E-state index contributed by atoms with van der Waals surface area (Å²) < 4.78 is 73.9. The number of allylic oxidation sites excluding steroid dienone is 5. The Morgan fingerprint density at radius 1 is 0.667 bits per heavy atom. The molecule has 12 heteroatoms. The first kappa shape index (κ1) is 40.9. The molecule has 10 nitrogen and oxygen atoms in total. The summed E-state index contributed by atoms with van der Waals surface area (Å²) >= 11 is 0. The number of ether oxygens (including phenoxy) is 1. The van der Waals surface area contributed by atoms with Gasteiger partial charge in [0.2, 0.25) is 0 Å². The molecule has 57 heavy (non-hydrogen) atoms. The van der Waals surface area contributed by atoms with E-state index in [0.717, 1.165) is 61.9 Å². The SMILES string of the molecule is CCOc1ccc(Nc2ccc(C(=C3C=CC(=[N+](CC)Cc4cccc(S(=O)(=O)O)c4)C=C3)c3ccc(N(CC)Cc4cccc(S(=O)(=O)O)c4)cc3)cc2)cc1. The van der Waals surface area contributed by atoms with Gasteiger partial charge in [0.15, 0.2) is 12.3 Å². The summed E-state index contributed by atoms with van der Waals surface area (Å²) in [6, 6.07) is 37.1. The van der Waals surface area contributed by atoms with Gasteiger partial charge in [0.1, 0.15) is 12.3 Å². The van der Waals surface area contributed by atoms with Crippen LogP contribution >= 0.6 is 0 Å². The van der Waals surface area contributed by atoms with Crippen LogP contribution in [0.2, 0.25) is 0 Å². The first-order chi connectivity index (χ1) is 27.3. The molecule has 0 aromatic heterocycles. The van der Waals surface area contributed by atoms with Crippen molar-refractivity contribution in [1.29, 1.82) is 0 Å². The largest absolute Gasteiger partial charge is 0.494 e. The molecule has 6 rings (SSSR count). The minimum atomic E-state index is -4.31. The highest BCUT2D eigenvalue weighted by atomic mass is 32.2. The molecule has 0 unspecified atom stereocenters. The number of hydrogen-bond acceptors (Lipinski definition) is 7.